The number of rotatable bonds is 2. The molecule has 5 heteroatoms. The van der Waals surface area contributed by atoms with Gasteiger partial charge in [0.15, 0.2) is 0 Å². The second-order valence-corrected chi connectivity index (χ2v) is 3.09. The van der Waals surface area contributed by atoms with Crippen molar-refractivity contribution in [2.75, 3.05) is 7.11 Å². The zero-order chi connectivity index (χ0) is 10.8. The van der Waals surface area contributed by atoms with Gasteiger partial charge in [0.2, 0.25) is 5.69 Å². The molecule has 1 aromatic carbocycles. The molecule has 78 valence electrons. The summed E-state index contributed by atoms with van der Waals surface area (Å²) in [7, 11) is 1.60. The van der Waals surface area contributed by atoms with Crippen molar-refractivity contribution < 1.29 is 14.3 Å². The standard InChI is InChI=1S/C10H10N2O3/c1-7-10(11-15-12(7)13)8-3-5-9(14-2)6-4-8/h3-6H,1-2H3. The van der Waals surface area contributed by atoms with E-state index in [0.29, 0.717) is 16.3 Å². The maximum atomic E-state index is 11.0. The Morgan fingerprint density at radius 3 is 2.47 bits per heavy atom. The van der Waals surface area contributed by atoms with Gasteiger partial charge in [-0.1, -0.05) is 0 Å². The van der Waals surface area contributed by atoms with Crippen molar-refractivity contribution in [2.45, 2.75) is 6.92 Å². The van der Waals surface area contributed by atoms with Crippen molar-refractivity contribution in [3.05, 3.63) is 35.2 Å². The van der Waals surface area contributed by atoms with E-state index in [0.717, 1.165) is 11.3 Å². The van der Waals surface area contributed by atoms with Crippen LogP contribution in [-0.2, 0) is 0 Å². The molecule has 0 atom stereocenters. The average Bonchev–Trinajstić information content (AvgIpc) is 2.60. The van der Waals surface area contributed by atoms with Crippen molar-refractivity contribution in [3.63, 3.8) is 0 Å². The molecular formula is C10H10N2O3. The van der Waals surface area contributed by atoms with Gasteiger partial charge in [-0.15, -0.1) is 0 Å². The summed E-state index contributed by atoms with van der Waals surface area (Å²) in [6.07, 6.45) is 0. The molecule has 5 nitrogen and oxygen atoms in total. The first-order valence-electron chi connectivity index (χ1n) is 4.43. The highest BCUT2D eigenvalue weighted by molar-refractivity contribution is 5.60. The van der Waals surface area contributed by atoms with Gasteiger partial charge in [-0.25, -0.2) is 0 Å². The summed E-state index contributed by atoms with van der Waals surface area (Å²) < 4.78 is 9.52. The molecule has 0 fully saturated rings. The molecule has 0 amide bonds. The van der Waals surface area contributed by atoms with Crippen LogP contribution < -0.4 is 9.64 Å². The molecule has 2 aromatic rings. The minimum absolute atomic E-state index is 0.388. The first-order valence-corrected chi connectivity index (χ1v) is 4.43. The molecule has 0 spiro atoms. The Morgan fingerprint density at radius 1 is 1.33 bits per heavy atom. The van der Waals surface area contributed by atoms with Gasteiger partial charge in [0.25, 0.3) is 5.69 Å². The van der Waals surface area contributed by atoms with E-state index in [4.69, 9.17) is 4.74 Å². The maximum Gasteiger partial charge on any atom is 0.251 e. The number of hydrogen-bond donors (Lipinski definition) is 0. The Morgan fingerprint density at radius 2 is 2.00 bits per heavy atom. The Bertz CT molecular complexity index is 462. The number of hydrogen-bond acceptors (Lipinski definition) is 4. The van der Waals surface area contributed by atoms with E-state index in [1.54, 1.807) is 26.2 Å². The highest BCUT2D eigenvalue weighted by Gasteiger charge is 2.15. The second-order valence-electron chi connectivity index (χ2n) is 3.09. The monoisotopic (exact) mass is 206 g/mol. The lowest BCUT2D eigenvalue weighted by Crippen LogP contribution is -2.25. The van der Waals surface area contributed by atoms with E-state index in [1.165, 1.54) is 0 Å². The lowest BCUT2D eigenvalue weighted by molar-refractivity contribution is -0.806. The molecule has 2 rings (SSSR count). The van der Waals surface area contributed by atoms with Gasteiger partial charge in [-0.05, 0) is 29.2 Å². The third-order valence-corrected chi connectivity index (χ3v) is 2.19. The molecule has 15 heavy (non-hydrogen) atoms. The molecule has 0 N–H and O–H groups in total. The minimum atomic E-state index is 0.388. The lowest BCUT2D eigenvalue weighted by atomic mass is 10.1. The van der Waals surface area contributed by atoms with Gasteiger partial charge in [-0.3, -0.25) is 4.63 Å². The number of ether oxygens (including phenoxy) is 1. The van der Waals surface area contributed by atoms with Gasteiger partial charge in [0.05, 0.1) is 7.11 Å². The smallest absolute Gasteiger partial charge is 0.251 e. The van der Waals surface area contributed by atoms with Crippen LogP contribution in [0.4, 0.5) is 0 Å². The van der Waals surface area contributed by atoms with Gasteiger partial charge in [0.1, 0.15) is 5.75 Å². The molecule has 0 radical (unpaired) electrons. The summed E-state index contributed by atoms with van der Waals surface area (Å²) in [5, 5.41) is 14.7. The summed E-state index contributed by atoms with van der Waals surface area (Å²) in [4.78, 5) is 0.388. The quantitative estimate of drug-likeness (QED) is 0.694. The van der Waals surface area contributed by atoms with Crippen LogP contribution in [-0.4, -0.2) is 12.3 Å². The van der Waals surface area contributed by atoms with Crippen molar-refractivity contribution in [2.24, 2.45) is 0 Å². The first kappa shape index (κ1) is 9.51. The molecule has 0 saturated carbocycles. The fourth-order valence-electron chi connectivity index (χ4n) is 1.30. The molecule has 0 bridgehead atoms. The lowest BCUT2D eigenvalue weighted by Gasteiger charge is -1.98. The summed E-state index contributed by atoms with van der Waals surface area (Å²) in [5.74, 6) is 0.759. The van der Waals surface area contributed by atoms with Crippen molar-refractivity contribution in [3.8, 4) is 17.0 Å². The van der Waals surface area contributed by atoms with Crippen LogP contribution in [0.5, 0.6) is 5.75 Å². The van der Waals surface area contributed by atoms with Gasteiger partial charge in [0, 0.05) is 17.6 Å². The SMILES string of the molecule is COc1ccc(-c2no[n+]([O-])c2C)cc1. The van der Waals surface area contributed by atoms with E-state index in [2.05, 4.69) is 9.79 Å². The van der Waals surface area contributed by atoms with E-state index in [9.17, 15) is 5.21 Å². The molecule has 1 heterocycles. The molecule has 0 aliphatic heterocycles. The van der Waals surface area contributed by atoms with Crippen LogP contribution in [0.25, 0.3) is 11.3 Å². The van der Waals surface area contributed by atoms with Crippen LogP contribution >= 0.6 is 0 Å². The van der Waals surface area contributed by atoms with Gasteiger partial charge >= 0.3 is 0 Å². The predicted octanol–water partition coefficient (Wildman–Crippen LogP) is 1.29. The molecule has 0 aliphatic rings. The van der Waals surface area contributed by atoms with E-state index in [1.807, 2.05) is 12.1 Å². The summed E-state index contributed by atoms with van der Waals surface area (Å²) in [6, 6.07) is 7.25. The van der Waals surface area contributed by atoms with Crippen LogP contribution in [0.3, 0.4) is 0 Å². The Balaban J connectivity index is 2.41. The van der Waals surface area contributed by atoms with Crippen LogP contribution in [0.2, 0.25) is 0 Å². The largest absolute Gasteiger partial charge is 0.497 e. The summed E-state index contributed by atoms with van der Waals surface area (Å²) in [6.45, 7) is 1.66. The molecule has 1 aromatic heterocycles. The number of nitrogens with zero attached hydrogens (tertiary/aromatic N) is 2. The normalized spacial score (nSPS) is 10.3. The Kier molecular flexibility index (Phi) is 2.29. The third-order valence-electron chi connectivity index (χ3n) is 2.19. The fraction of sp³-hybridized carbons (Fsp3) is 0.200. The zero-order valence-electron chi connectivity index (χ0n) is 8.43. The first-order chi connectivity index (χ1) is 7.22. The molecule has 0 aliphatic carbocycles. The average molecular weight is 206 g/mol. The topological polar surface area (TPSA) is 62.2 Å². The minimum Gasteiger partial charge on any atom is -0.497 e. The number of benzene rings is 1. The predicted molar refractivity (Wildman–Crippen MR) is 52.2 cm³/mol. The Hall–Kier alpha value is -2.04. The van der Waals surface area contributed by atoms with Crippen LogP contribution in [0.1, 0.15) is 5.69 Å². The Labute approximate surface area is 86.4 Å². The number of methoxy groups -OCH3 is 1. The van der Waals surface area contributed by atoms with Gasteiger partial charge in [-0.2, -0.15) is 0 Å². The van der Waals surface area contributed by atoms with Gasteiger partial charge < -0.3 is 9.94 Å². The fourth-order valence-corrected chi connectivity index (χ4v) is 1.30. The second kappa shape index (κ2) is 3.61. The van der Waals surface area contributed by atoms with Crippen LogP contribution in [0, 0.1) is 12.1 Å². The van der Waals surface area contributed by atoms with Crippen molar-refractivity contribution >= 4 is 0 Å². The summed E-state index contributed by atoms with van der Waals surface area (Å²) >= 11 is 0. The van der Waals surface area contributed by atoms with Crippen LogP contribution in [0.15, 0.2) is 28.9 Å². The number of aromatic nitrogens is 2. The van der Waals surface area contributed by atoms with E-state index in [-0.39, 0.29) is 0 Å². The molecule has 0 saturated heterocycles. The highest BCUT2D eigenvalue weighted by atomic mass is 16.8. The maximum absolute atomic E-state index is 11.0. The van der Waals surface area contributed by atoms with Crippen molar-refractivity contribution in [1.29, 1.82) is 0 Å². The van der Waals surface area contributed by atoms with E-state index < -0.39 is 0 Å². The third kappa shape index (κ3) is 1.63. The molecule has 0 unspecified atom stereocenters. The molecular weight excluding hydrogens is 196 g/mol. The van der Waals surface area contributed by atoms with Crippen molar-refractivity contribution in [1.82, 2.24) is 5.16 Å². The highest BCUT2D eigenvalue weighted by Crippen LogP contribution is 2.21. The summed E-state index contributed by atoms with van der Waals surface area (Å²) in [5.41, 5.74) is 1.82. The van der Waals surface area contributed by atoms with E-state index >= 15 is 0 Å². The zero-order valence-corrected chi connectivity index (χ0v) is 8.43.